The zero-order chi connectivity index (χ0) is 17.4. The van der Waals surface area contributed by atoms with Gasteiger partial charge in [-0.25, -0.2) is 4.98 Å². The third-order valence-electron chi connectivity index (χ3n) is 3.98. The largest absolute Gasteiger partial charge is 0.292 e. The van der Waals surface area contributed by atoms with E-state index in [2.05, 4.69) is 4.98 Å². The molecule has 0 amide bonds. The van der Waals surface area contributed by atoms with Gasteiger partial charge in [0.15, 0.2) is 5.78 Å². The molecule has 3 heterocycles. The van der Waals surface area contributed by atoms with Crippen LogP contribution in [0.2, 0.25) is 0 Å². The van der Waals surface area contributed by atoms with Crippen molar-refractivity contribution in [1.82, 2.24) is 9.55 Å². The van der Waals surface area contributed by atoms with E-state index in [0.29, 0.717) is 15.8 Å². The molecule has 4 nitrogen and oxygen atoms in total. The smallest absolute Gasteiger partial charge is 0.263 e. The first-order chi connectivity index (χ1) is 12.1. The molecule has 0 bridgehead atoms. The summed E-state index contributed by atoms with van der Waals surface area (Å²) in [6.45, 7) is 2.03. The predicted octanol–water partition coefficient (Wildman–Crippen LogP) is 4.38. The Balaban J connectivity index is 1.77. The van der Waals surface area contributed by atoms with Crippen molar-refractivity contribution in [2.45, 2.75) is 13.5 Å². The van der Waals surface area contributed by atoms with Crippen LogP contribution in [0.1, 0.15) is 15.2 Å². The van der Waals surface area contributed by atoms with Crippen molar-refractivity contribution < 1.29 is 4.79 Å². The fourth-order valence-electron chi connectivity index (χ4n) is 2.71. The predicted molar refractivity (Wildman–Crippen MR) is 103 cm³/mol. The summed E-state index contributed by atoms with van der Waals surface area (Å²) in [4.78, 5) is 32.7. The molecule has 0 fully saturated rings. The first kappa shape index (κ1) is 15.9. The molecule has 0 aliphatic rings. The molecule has 124 valence electrons. The molecule has 0 unspecified atom stereocenters. The van der Waals surface area contributed by atoms with E-state index in [1.165, 1.54) is 27.1 Å². The highest BCUT2D eigenvalue weighted by molar-refractivity contribution is 7.19. The Morgan fingerprint density at radius 2 is 1.96 bits per heavy atom. The molecule has 6 heteroatoms. The Bertz CT molecular complexity index is 1120. The lowest BCUT2D eigenvalue weighted by Crippen LogP contribution is -2.24. The number of benzene rings is 1. The number of thiophene rings is 2. The zero-order valence-electron chi connectivity index (χ0n) is 13.4. The topological polar surface area (TPSA) is 52.0 Å². The minimum absolute atomic E-state index is 0.00938. The standard InChI is InChI=1S/C19H14N2O2S2/c1-12-7-8-16(25-12)14-10-24-18-17(14)19(23)21(11-20-18)9-15(22)13-5-3-2-4-6-13/h2-8,10-11H,9H2,1H3. The van der Waals surface area contributed by atoms with Crippen molar-refractivity contribution in [2.75, 3.05) is 0 Å². The maximum absolute atomic E-state index is 12.9. The number of Topliss-reactive ketones (excluding diaryl/α,β-unsaturated/α-hetero) is 1. The number of aryl methyl sites for hydroxylation is 1. The number of fused-ring (bicyclic) bond motifs is 1. The van der Waals surface area contributed by atoms with Crippen molar-refractivity contribution in [3.05, 3.63) is 75.0 Å². The fourth-order valence-corrected chi connectivity index (χ4v) is 4.57. The molecular weight excluding hydrogens is 352 g/mol. The Kier molecular flexibility index (Phi) is 4.07. The molecule has 0 spiro atoms. The third-order valence-corrected chi connectivity index (χ3v) is 5.90. The van der Waals surface area contributed by atoms with Crippen molar-refractivity contribution in [3.8, 4) is 10.4 Å². The number of hydrogen-bond donors (Lipinski definition) is 0. The van der Waals surface area contributed by atoms with Crippen molar-refractivity contribution in [3.63, 3.8) is 0 Å². The highest BCUT2D eigenvalue weighted by Gasteiger charge is 2.16. The van der Waals surface area contributed by atoms with Gasteiger partial charge in [0, 0.05) is 26.3 Å². The van der Waals surface area contributed by atoms with Gasteiger partial charge < -0.3 is 0 Å². The number of carbonyl (C=O) groups is 1. The summed E-state index contributed by atoms with van der Waals surface area (Å²) >= 11 is 3.10. The molecular formula is C19H14N2O2S2. The molecule has 0 saturated heterocycles. The van der Waals surface area contributed by atoms with Crippen LogP contribution >= 0.6 is 22.7 Å². The molecule has 4 aromatic rings. The first-order valence-electron chi connectivity index (χ1n) is 7.75. The summed E-state index contributed by atoms with van der Waals surface area (Å²) in [7, 11) is 0. The minimum Gasteiger partial charge on any atom is -0.292 e. The van der Waals surface area contributed by atoms with Gasteiger partial charge in [0.05, 0.1) is 18.3 Å². The molecule has 0 aliphatic heterocycles. The quantitative estimate of drug-likeness (QED) is 0.504. The van der Waals surface area contributed by atoms with E-state index in [0.717, 1.165) is 10.4 Å². The van der Waals surface area contributed by atoms with Gasteiger partial charge in [-0.05, 0) is 19.1 Å². The summed E-state index contributed by atoms with van der Waals surface area (Å²) in [5.74, 6) is -0.104. The monoisotopic (exact) mass is 366 g/mol. The molecule has 0 saturated carbocycles. The van der Waals surface area contributed by atoms with Gasteiger partial charge in [0.1, 0.15) is 4.83 Å². The zero-order valence-corrected chi connectivity index (χ0v) is 15.1. The second-order valence-electron chi connectivity index (χ2n) is 5.71. The van der Waals surface area contributed by atoms with Gasteiger partial charge in [-0.15, -0.1) is 22.7 Å². The fraction of sp³-hybridized carbons (Fsp3) is 0.105. The average Bonchev–Trinajstić information content (AvgIpc) is 3.24. The number of ketones is 1. The molecule has 1 aromatic carbocycles. The molecule has 3 aromatic heterocycles. The highest BCUT2D eigenvalue weighted by atomic mass is 32.1. The van der Waals surface area contributed by atoms with Gasteiger partial charge in [0.25, 0.3) is 5.56 Å². The van der Waals surface area contributed by atoms with Gasteiger partial charge in [0.2, 0.25) is 0 Å². The van der Waals surface area contributed by atoms with Gasteiger partial charge in [-0.3, -0.25) is 14.2 Å². The number of nitrogens with zero attached hydrogens (tertiary/aromatic N) is 2. The van der Waals surface area contributed by atoms with Crippen molar-refractivity contribution in [2.24, 2.45) is 0 Å². The van der Waals surface area contributed by atoms with Crippen LogP contribution in [-0.2, 0) is 6.54 Å². The molecule has 4 rings (SSSR count). The van der Waals surface area contributed by atoms with Crippen LogP contribution in [-0.4, -0.2) is 15.3 Å². The van der Waals surface area contributed by atoms with Crippen LogP contribution in [0.25, 0.3) is 20.7 Å². The van der Waals surface area contributed by atoms with Gasteiger partial charge in [-0.1, -0.05) is 30.3 Å². The summed E-state index contributed by atoms with van der Waals surface area (Å²) in [5, 5.41) is 2.56. The van der Waals surface area contributed by atoms with Crippen molar-refractivity contribution >= 4 is 38.7 Å². The molecule has 0 N–H and O–H groups in total. The summed E-state index contributed by atoms with van der Waals surface area (Å²) in [5.41, 5.74) is 1.32. The second-order valence-corrected chi connectivity index (χ2v) is 7.85. The number of aromatic nitrogens is 2. The van der Waals surface area contributed by atoms with Gasteiger partial charge in [-0.2, -0.15) is 0 Å². The Morgan fingerprint density at radius 3 is 2.68 bits per heavy atom. The summed E-state index contributed by atoms with van der Waals surface area (Å²) < 4.78 is 1.40. The van der Waals surface area contributed by atoms with E-state index in [4.69, 9.17) is 0 Å². The average molecular weight is 366 g/mol. The normalized spacial score (nSPS) is 11.1. The lowest BCUT2D eigenvalue weighted by Gasteiger charge is -2.05. The Morgan fingerprint density at radius 1 is 1.16 bits per heavy atom. The minimum atomic E-state index is -0.170. The summed E-state index contributed by atoms with van der Waals surface area (Å²) in [6, 6.07) is 13.1. The van der Waals surface area contributed by atoms with E-state index < -0.39 is 0 Å². The lowest BCUT2D eigenvalue weighted by atomic mass is 10.1. The van der Waals surface area contributed by atoms with Crippen LogP contribution in [0.3, 0.4) is 0 Å². The van der Waals surface area contributed by atoms with Crippen LogP contribution in [0.15, 0.2) is 59.0 Å². The number of rotatable bonds is 4. The third kappa shape index (κ3) is 2.94. The van der Waals surface area contributed by atoms with Crippen LogP contribution in [0.4, 0.5) is 0 Å². The lowest BCUT2D eigenvalue weighted by molar-refractivity contribution is 0.0970. The number of carbonyl (C=O) groups excluding carboxylic acids is 1. The van der Waals surface area contributed by atoms with Crippen LogP contribution in [0.5, 0.6) is 0 Å². The van der Waals surface area contributed by atoms with Crippen LogP contribution < -0.4 is 5.56 Å². The van der Waals surface area contributed by atoms with Crippen molar-refractivity contribution in [1.29, 1.82) is 0 Å². The Hall–Kier alpha value is -2.57. The molecule has 0 atom stereocenters. The maximum atomic E-state index is 12.9. The van der Waals surface area contributed by atoms with E-state index in [-0.39, 0.29) is 17.9 Å². The molecule has 0 aliphatic carbocycles. The SMILES string of the molecule is Cc1ccc(-c2csc3ncn(CC(=O)c4ccccc4)c(=O)c23)s1. The highest BCUT2D eigenvalue weighted by Crippen LogP contribution is 2.34. The van der Waals surface area contributed by atoms with Gasteiger partial charge >= 0.3 is 0 Å². The summed E-state index contributed by atoms with van der Waals surface area (Å²) in [6.07, 6.45) is 1.46. The van der Waals surface area contributed by atoms with Crippen LogP contribution in [0, 0.1) is 6.92 Å². The number of hydrogen-bond acceptors (Lipinski definition) is 5. The second kappa shape index (κ2) is 6.38. The first-order valence-corrected chi connectivity index (χ1v) is 9.45. The van der Waals surface area contributed by atoms with E-state index in [1.807, 2.05) is 42.6 Å². The van der Waals surface area contributed by atoms with E-state index in [9.17, 15) is 9.59 Å². The Labute approximate surface area is 152 Å². The van der Waals surface area contributed by atoms with E-state index >= 15 is 0 Å². The molecule has 0 radical (unpaired) electrons. The maximum Gasteiger partial charge on any atom is 0.263 e. The van der Waals surface area contributed by atoms with E-state index in [1.54, 1.807) is 23.5 Å². The molecule has 25 heavy (non-hydrogen) atoms.